The third-order valence-corrected chi connectivity index (χ3v) is 3.27. The van der Waals surface area contributed by atoms with E-state index >= 15 is 0 Å². The summed E-state index contributed by atoms with van der Waals surface area (Å²) in [6.07, 6.45) is 2.21. The van der Waals surface area contributed by atoms with Crippen molar-refractivity contribution in [1.29, 1.82) is 5.26 Å². The van der Waals surface area contributed by atoms with E-state index in [1.165, 1.54) is 0 Å². The molecule has 1 aliphatic rings. The summed E-state index contributed by atoms with van der Waals surface area (Å²) in [4.78, 5) is 2.33. The van der Waals surface area contributed by atoms with Crippen LogP contribution < -0.4 is 0 Å². The summed E-state index contributed by atoms with van der Waals surface area (Å²) < 4.78 is 5.34. The van der Waals surface area contributed by atoms with Gasteiger partial charge in [0.15, 0.2) is 0 Å². The summed E-state index contributed by atoms with van der Waals surface area (Å²) in [6.45, 7) is 6.86. The minimum atomic E-state index is 0.151. The van der Waals surface area contributed by atoms with E-state index in [9.17, 15) is 0 Å². The molecule has 1 fully saturated rings. The molecule has 0 spiro atoms. The van der Waals surface area contributed by atoms with Gasteiger partial charge in [-0.25, -0.2) is 0 Å². The quantitative estimate of drug-likeness (QED) is 0.711. The minimum absolute atomic E-state index is 0.151. The van der Waals surface area contributed by atoms with Crippen molar-refractivity contribution < 1.29 is 4.74 Å². The van der Waals surface area contributed by atoms with E-state index in [0.717, 1.165) is 32.6 Å². The molecule has 0 amide bonds. The number of ether oxygens (including phenoxy) is 1. The van der Waals surface area contributed by atoms with Crippen LogP contribution >= 0.6 is 0 Å². The predicted octanol–water partition coefficient (Wildman–Crippen LogP) is 1.89. The van der Waals surface area contributed by atoms with E-state index < -0.39 is 0 Å². The van der Waals surface area contributed by atoms with Crippen molar-refractivity contribution >= 4 is 0 Å². The van der Waals surface area contributed by atoms with Crippen molar-refractivity contribution in [2.75, 3.05) is 26.8 Å². The maximum atomic E-state index is 9.04. The molecule has 0 saturated carbocycles. The van der Waals surface area contributed by atoms with E-state index in [0.29, 0.717) is 12.0 Å². The third kappa shape index (κ3) is 3.81. The van der Waals surface area contributed by atoms with E-state index in [4.69, 9.17) is 10.00 Å². The Bertz CT molecular complexity index is 216. The van der Waals surface area contributed by atoms with Crippen molar-refractivity contribution in [3.63, 3.8) is 0 Å². The number of rotatable bonds is 4. The van der Waals surface area contributed by atoms with Crippen molar-refractivity contribution in [1.82, 2.24) is 4.90 Å². The second-order valence-corrected chi connectivity index (χ2v) is 4.76. The lowest BCUT2D eigenvalue weighted by Crippen LogP contribution is -2.40. The van der Waals surface area contributed by atoms with Crippen LogP contribution in [0.25, 0.3) is 0 Å². The van der Waals surface area contributed by atoms with Gasteiger partial charge >= 0.3 is 0 Å². The lowest BCUT2D eigenvalue weighted by Gasteiger charge is -2.33. The molecular formula is C12H22N2O. The maximum Gasteiger partial charge on any atom is 0.0672 e. The molecule has 15 heavy (non-hydrogen) atoms. The highest BCUT2D eigenvalue weighted by atomic mass is 16.5. The Morgan fingerprint density at radius 2 is 2.00 bits per heavy atom. The first kappa shape index (κ1) is 12.5. The average molecular weight is 210 g/mol. The smallest absolute Gasteiger partial charge is 0.0672 e. The largest absolute Gasteiger partial charge is 0.381 e. The topological polar surface area (TPSA) is 36.3 Å². The fourth-order valence-electron chi connectivity index (χ4n) is 1.99. The predicted molar refractivity (Wildman–Crippen MR) is 60.4 cm³/mol. The van der Waals surface area contributed by atoms with Crippen LogP contribution in [0, 0.1) is 23.2 Å². The molecule has 86 valence electrons. The molecule has 3 heteroatoms. The Balaban J connectivity index is 2.39. The zero-order valence-electron chi connectivity index (χ0n) is 10.1. The van der Waals surface area contributed by atoms with E-state index in [2.05, 4.69) is 31.9 Å². The van der Waals surface area contributed by atoms with Crippen molar-refractivity contribution in [3.05, 3.63) is 0 Å². The van der Waals surface area contributed by atoms with Gasteiger partial charge in [0.2, 0.25) is 0 Å². The van der Waals surface area contributed by atoms with Gasteiger partial charge in [0.05, 0.1) is 12.0 Å². The third-order valence-electron chi connectivity index (χ3n) is 3.27. The van der Waals surface area contributed by atoms with Gasteiger partial charge < -0.3 is 9.64 Å². The van der Waals surface area contributed by atoms with Gasteiger partial charge in [-0.3, -0.25) is 0 Å². The van der Waals surface area contributed by atoms with Gasteiger partial charge in [-0.15, -0.1) is 0 Å². The van der Waals surface area contributed by atoms with E-state index in [1.807, 2.05) is 0 Å². The van der Waals surface area contributed by atoms with Crippen molar-refractivity contribution in [2.24, 2.45) is 11.8 Å². The standard InChI is InChI=1S/C12H22N2O/c1-10(2)11(8-13)9-14(3)12-4-6-15-7-5-12/h10-12H,4-7,9H2,1-3H3. The van der Waals surface area contributed by atoms with Gasteiger partial charge in [-0.1, -0.05) is 13.8 Å². The summed E-state index contributed by atoms with van der Waals surface area (Å²) in [6, 6.07) is 3.00. The normalized spacial score (nSPS) is 20.5. The highest BCUT2D eigenvalue weighted by Gasteiger charge is 2.22. The van der Waals surface area contributed by atoms with Crippen molar-refractivity contribution in [3.8, 4) is 6.07 Å². The van der Waals surface area contributed by atoms with Gasteiger partial charge in [-0.05, 0) is 25.8 Å². The Hall–Kier alpha value is -0.590. The zero-order chi connectivity index (χ0) is 11.3. The molecule has 1 saturated heterocycles. The Morgan fingerprint density at radius 3 is 2.47 bits per heavy atom. The van der Waals surface area contributed by atoms with Crippen molar-refractivity contribution in [2.45, 2.75) is 32.7 Å². The second-order valence-electron chi connectivity index (χ2n) is 4.76. The number of nitriles is 1. The monoisotopic (exact) mass is 210 g/mol. The lowest BCUT2D eigenvalue weighted by atomic mass is 9.96. The molecule has 1 heterocycles. The summed E-state index contributed by atoms with van der Waals surface area (Å²) in [5, 5.41) is 9.04. The summed E-state index contributed by atoms with van der Waals surface area (Å²) in [5.41, 5.74) is 0. The lowest BCUT2D eigenvalue weighted by molar-refractivity contribution is 0.0387. The van der Waals surface area contributed by atoms with E-state index in [1.54, 1.807) is 0 Å². The highest BCUT2D eigenvalue weighted by molar-refractivity contribution is 4.88. The Kier molecular flexibility index (Phi) is 5.07. The molecule has 0 radical (unpaired) electrons. The Labute approximate surface area is 93.0 Å². The molecule has 1 aliphatic heterocycles. The van der Waals surface area contributed by atoms with Crippen LogP contribution in [0.5, 0.6) is 0 Å². The van der Waals surface area contributed by atoms with Crippen LogP contribution in [-0.2, 0) is 4.74 Å². The molecule has 3 nitrogen and oxygen atoms in total. The molecule has 1 atom stereocenters. The van der Waals surface area contributed by atoms with Crippen LogP contribution in [0.15, 0.2) is 0 Å². The fraction of sp³-hybridized carbons (Fsp3) is 0.917. The van der Waals surface area contributed by atoms with Gasteiger partial charge in [0.25, 0.3) is 0 Å². The first-order valence-corrected chi connectivity index (χ1v) is 5.82. The molecule has 0 N–H and O–H groups in total. The molecule has 0 aliphatic carbocycles. The van der Waals surface area contributed by atoms with Crippen LogP contribution in [0.4, 0.5) is 0 Å². The molecule has 0 aromatic rings. The summed E-state index contributed by atoms with van der Waals surface area (Å²) >= 11 is 0. The fourth-order valence-corrected chi connectivity index (χ4v) is 1.99. The SMILES string of the molecule is CC(C)C(C#N)CN(C)C1CCOCC1. The molecule has 1 unspecified atom stereocenters. The number of hydrogen-bond acceptors (Lipinski definition) is 3. The molecular weight excluding hydrogens is 188 g/mol. The van der Waals surface area contributed by atoms with E-state index in [-0.39, 0.29) is 5.92 Å². The minimum Gasteiger partial charge on any atom is -0.381 e. The van der Waals surface area contributed by atoms with Gasteiger partial charge in [-0.2, -0.15) is 5.26 Å². The van der Waals surface area contributed by atoms with Crippen LogP contribution in [0.1, 0.15) is 26.7 Å². The number of nitrogens with zero attached hydrogens (tertiary/aromatic N) is 2. The number of hydrogen-bond donors (Lipinski definition) is 0. The van der Waals surface area contributed by atoms with Crippen LogP contribution in [0.3, 0.4) is 0 Å². The summed E-state index contributed by atoms with van der Waals surface area (Å²) in [7, 11) is 2.13. The molecule has 0 aromatic carbocycles. The molecule has 1 rings (SSSR count). The van der Waals surface area contributed by atoms with Crippen LogP contribution in [-0.4, -0.2) is 37.7 Å². The molecule has 0 aromatic heterocycles. The second kappa shape index (κ2) is 6.09. The van der Waals surface area contributed by atoms with Crippen LogP contribution in [0.2, 0.25) is 0 Å². The van der Waals surface area contributed by atoms with Gasteiger partial charge in [0, 0.05) is 25.8 Å². The average Bonchev–Trinajstić information content (AvgIpc) is 2.26. The first-order valence-electron chi connectivity index (χ1n) is 5.82. The molecule has 0 bridgehead atoms. The summed E-state index contributed by atoms with van der Waals surface area (Å²) in [5.74, 6) is 0.593. The zero-order valence-corrected chi connectivity index (χ0v) is 10.1. The van der Waals surface area contributed by atoms with Gasteiger partial charge in [0.1, 0.15) is 0 Å². The first-order chi connectivity index (χ1) is 7.15. The Morgan fingerprint density at radius 1 is 1.40 bits per heavy atom. The highest BCUT2D eigenvalue weighted by Crippen LogP contribution is 2.17. The maximum absolute atomic E-state index is 9.04.